The first-order valence-electron chi connectivity index (χ1n) is 5.22. The second-order valence-electron chi connectivity index (χ2n) is 3.79. The van der Waals surface area contributed by atoms with Gasteiger partial charge in [0.2, 0.25) is 0 Å². The maximum atomic E-state index is 11.3. The van der Waals surface area contributed by atoms with Gasteiger partial charge in [0.05, 0.1) is 20.8 Å². The number of carbonyl (C=O) groups excluding carboxylic acids is 2. The second-order valence-corrected chi connectivity index (χ2v) is 3.79. The molecule has 0 N–H and O–H groups in total. The van der Waals surface area contributed by atoms with E-state index in [0.717, 1.165) is 11.5 Å². The van der Waals surface area contributed by atoms with Gasteiger partial charge in [-0.2, -0.15) is 0 Å². The summed E-state index contributed by atoms with van der Waals surface area (Å²) in [5.41, 5.74) is 0. The molecule has 0 aromatic heterocycles. The fraction of sp³-hybridized carbons (Fsp3) is 0.800. The average molecular weight is 247 g/mol. The van der Waals surface area contributed by atoms with Gasteiger partial charge in [0, 0.05) is 13.7 Å². The summed E-state index contributed by atoms with van der Waals surface area (Å²) in [6.45, 7) is 0.924. The van der Waals surface area contributed by atoms with Crippen LogP contribution in [0.1, 0.15) is 6.42 Å². The lowest BCUT2D eigenvalue weighted by Gasteiger charge is -2.18. The molecule has 7 heteroatoms. The van der Waals surface area contributed by atoms with Crippen LogP contribution in [0.15, 0.2) is 0 Å². The molecule has 0 unspecified atom stereocenters. The summed E-state index contributed by atoms with van der Waals surface area (Å²) in [4.78, 5) is 27.0. The molecular formula is C10H17NO6. The van der Waals surface area contributed by atoms with Gasteiger partial charge in [-0.3, -0.25) is 0 Å². The van der Waals surface area contributed by atoms with Crippen LogP contribution >= 0.6 is 0 Å². The second kappa shape index (κ2) is 6.29. The van der Waals surface area contributed by atoms with E-state index in [1.54, 1.807) is 7.11 Å². The monoisotopic (exact) mass is 247 g/mol. The predicted molar refractivity (Wildman–Crippen MR) is 56.1 cm³/mol. The Bertz CT molecular complexity index is 282. The minimum absolute atomic E-state index is 0.263. The summed E-state index contributed by atoms with van der Waals surface area (Å²) in [6, 6.07) is 0. The van der Waals surface area contributed by atoms with Gasteiger partial charge in [-0.05, 0) is 18.3 Å². The zero-order valence-electron chi connectivity index (χ0n) is 10.2. The Kier molecular flexibility index (Phi) is 5.02. The van der Waals surface area contributed by atoms with Crippen molar-refractivity contribution in [1.82, 2.24) is 5.06 Å². The molecule has 7 nitrogen and oxygen atoms in total. The maximum absolute atomic E-state index is 11.3. The normalized spacial score (nSPS) is 21.6. The summed E-state index contributed by atoms with van der Waals surface area (Å²) in [7, 11) is 4.01. The molecular weight excluding hydrogens is 230 g/mol. The molecule has 1 amide bonds. The van der Waals surface area contributed by atoms with Gasteiger partial charge in [-0.1, -0.05) is 0 Å². The van der Waals surface area contributed by atoms with E-state index in [2.05, 4.69) is 14.3 Å². The third-order valence-electron chi connectivity index (χ3n) is 2.58. The quantitative estimate of drug-likeness (QED) is 0.545. The first kappa shape index (κ1) is 13.6. The van der Waals surface area contributed by atoms with Gasteiger partial charge >= 0.3 is 12.2 Å². The average Bonchev–Trinajstić information content (AvgIpc) is 3.05. The molecule has 1 aliphatic rings. The maximum Gasteiger partial charge on any atom is 0.533 e. The Morgan fingerprint density at radius 2 is 1.88 bits per heavy atom. The van der Waals surface area contributed by atoms with Crippen molar-refractivity contribution in [3.05, 3.63) is 0 Å². The molecule has 1 rings (SSSR count). The first-order chi connectivity index (χ1) is 8.12. The Hall–Kier alpha value is -1.50. The van der Waals surface area contributed by atoms with E-state index >= 15 is 0 Å². The van der Waals surface area contributed by atoms with E-state index in [1.807, 2.05) is 0 Å². The highest BCUT2D eigenvalue weighted by atomic mass is 16.8. The van der Waals surface area contributed by atoms with Gasteiger partial charge in [-0.25, -0.2) is 9.59 Å². The van der Waals surface area contributed by atoms with Crippen molar-refractivity contribution in [1.29, 1.82) is 0 Å². The lowest BCUT2D eigenvalue weighted by Crippen LogP contribution is -2.35. The van der Waals surface area contributed by atoms with E-state index in [-0.39, 0.29) is 12.5 Å². The number of hydrogen-bond acceptors (Lipinski definition) is 6. The molecule has 0 aromatic carbocycles. The Labute approximate surface area is 99.5 Å². The lowest BCUT2D eigenvalue weighted by molar-refractivity contribution is -0.107. The Morgan fingerprint density at radius 1 is 1.18 bits per heavy atom. The molecule has 0 spiro atoms. The number of amides is 1. The SMILES string of the molecule is COC[C@H]1C[C@H]1CN(OC(=O)OC)C(=O)OC. The standard InChI is InChI=1S/C10H17NO6/c1-14-6-8-4-7(8)5-11(9(12)15-2)17-10(13)16-3/h7-8H,4-6H2,1-3H3/t7-,8+/m0/s1. The molecule has 1 saturated carbocycles. The van der Waals surface area contributed by atoms with Crippen molar-refractivity contribution < 1.29 is 28.6 Å². The van der Waals surface area contributed by atoms with E-state index in [1.165, 1.54) is 14.2 Å². The van der Waals surface area contributed by atoms with E-state index in [0.29, 0.717) is 12.5 Å². The van der Waals surface area contributed by atoms with Gasteiger partial charge in [0.1, 0.15) is 0 Å². The van der Waals surface area contributed by atoms with Gasteiger partial charge in [-0.15, -0.1) is 5.06 Å². The number of rotatable bonds is 4. The van der Waals surface area contributed by atoms with Crippen LogP contribution in [0.4, 0.5) is 9.59 Å². The van der Waals surface area contributed by atoms with Crippen LogP contribution in [0, 0.1) is 11.8 Å². The number of methoxy groups -OCH3 is 3. The lowest BCUT2D eigenvalue weighted by atomic mass is 10.3. The van der Waals surface area contributed by atoms with Crippen LogP contribution in [0.3, 0.4) is 0 Å². The molecule has 2 atom stereocenters. The molecule has 0 saturated heterocycles. The van der Waals surface area contributed by atoms with Crippen molar-refractivity contribution in [3.63, 3.8) is 0 Å². The minimum Gasteiger partial charge on any atom is -0.451 e. The molecule has 98 valence electrons. The van der Waals surface area contributed by atoms with Crippen LogP contribution in [-0.4, -0.2) is 51.8 Å². The fourth-order valence-corrected chi connectivity index (χ4v) is 1.54. The topological polar surface area (TPSA) is 74.3 Å². The highest BCUT2D eigenvalue weighted by molar-refractivity contribution is 5.69. The summed E-state index contributed by atoms with van der Waals surface area (Å²) in [5.74, 6) is 0.659. The van der Waals surface area contributed by atoms with Crippen LogP contribution in [0.25, 0.3) is 0 Å². The van der Waals surface area contributed by atoms with Crippen molar-refractivity contribution in [2.75, 3.05) is 34.5 Å². The van der Waals surface area contributed by atoms with Gasteiger partial charge < -0.3 is 19.0 Å². The van der Waals surface area contributed by atoms with Crippen molar-refractivity contribution in [2.24, 2.45) is 11.8 Å². The molecule has 17 heavy (non-hydrogen) atoms. The summed E-state index contributed by atoms with van der Waals surface area (Å²) in [6.07, 6.45) is -0.732. The van der Waals surface area contributed by atoms with Crippen molar-refractivity contribution >= 4 is 12.2 Å². The van der Waals surface area contributed by atoms with Crippen LogP contribution in [0.5, 0.6) is 0 Å². The van der Waals surface area contributed by atoms with Crippen molar-refractivity contribution in [3.8, 4) is 0 Å². The van der Waals surface area contributed by atoms with Crippen molar-refractivity contribution in [2.45, 2.75) is 6.42 Å². The van der Waals surface area contributed by atoms with Gasteiger partial charge in [0.25, 0.3) is 0 Å². The zero-order chi connectivity index (χ0) is 12.8. The molecule has 0 aromatic rings. The molecule has 1 fully saturated rings. The summed E-state index contributed by atoms with van der Waals surface area (Å²) < 4.78 is 13.8. The highest BCUT2D eigenvalue weighted by Crippen LogP contribution is 2.39. The number of hydroxylamine groups is 2. The summed E-state index contributed by atoms with van der Waals surface area (Å²) >= 11 is 0. The minimum atomic E-state index is -0.945. The van der Waals surface area contributed by atoms with Crippen LogP contribution < -0.4 is 0 Å². The molecule has 0 radical (unpaired) electrons. The first-order valence-corrected chi connectivity index (χ1v) is 5.22. The number of ether oxygens (including phenoxy) is 3. The van der Waals surface area contributed by atoms with E-state index in [4.69, 9.17) is 4.74 Å². The third kappa shape index (κ3) is 4.10. The Balaban J connectivity index is 2.42. The number of hydrogen-bond donors (Lipinski definition) is 0. The van der Waals surface area contributed by atoms with Crippen LogP contribution in [0.2, 0.25) is 0 Å². The molecule has 0 aliphatic heterocycles. The molecule has 0 bridgehead atoms. The summed E-state index contributed by atoms with van der Waals surface area (Å²) in [5, 5.41) is 0.867. The van der Waals surface area contributed by atoms with Gasteiger partial charge in [0.15, 0.2) is 0 Å². The predicted octanol–water partition coefficient (Wildman–Crippen LogP) is 1.04. The zero-order valence-corrected chi connectivity index (χ0v) is 10.2. The molecule has 1 aliphatic carbocycles. The highest BCUT2D eigenvalue weighted by Gasteiger charge is 2.40. The number of nitrogens with zero attached hydrogens (tertiary/aromatic N) is 1. The van der Waals surface area contributed by atoms with E-state index in [9.17, 15) is 9.59 Å². The van der Waals surface area contributed by atoms with E-state index < -0.39 is 12.2 Å². The third-order valence-corrected chi connectivity index (χ3v) is 2.58. The van der Waals surface area contributed by atoms with Crippen LogP contribution in [-0.2, 0) is 19.0 Å². The fourth-order valence-electron chi connectivity index (χ4n) is 1.54. The molecule has 0 heterocycles. The smallest absolute Gasteiger partial charge is 0.451 e. The Morgan fingerprint density at radius 3 is 2.41 bits per heavy atom. The largest absolute Gasteiger partial charge is 0.533 e. The number of carbonyl (C=O) groups is 2.